The fraction of sp³-hybridized carbons (Fsp3) is 0.500. The smallest absolute Gasteiger partial charge is 0.0992 e. The maximum atomic E-state index is 9.78. The molecule has 3 rings (SSSR count). The van der Waals surface area contributed by atoms with Crippen molar-refractivity contribution in [3.8, 4) is 6.07 Å². The molecule has 0 amide bonds. The maximum Gasteiger partial charge on any atom is 0.0992 e. The molecule has 2 bridgehead atoms. The molecule has 0 saturated carbocycles. The summed E-state index contributed by atoms with van der Waals surface area (Å²) in [6, 6.07) is 10.9. The highest BCUT2D eigenvalue weighted by Gasteiger charge is 2.40. The van der Waals surface area contributed by atoms with E-state index in [0.717, 1.165) is 18.5 Å². The minimum atomic E-state index is -0.136. The first-order valence-corrected chi connectivity index (χ1v) is 6.24. The van der Waals surface area contributed by atoms with E-state index in [1.807, 2.05) is 18.2 Å². The Bertz CT molecular complexity index is 452. The molecule has 1 aromatic carbocycles. The van der Waals surface area contributed by atoms with Crippen molar-refractivity contribution in [2.75, 3.05) is 4.90 Å². The van der Waals surface area contributed by atoms with Gasteiger partial charge < -0.3 is 10.0 Å². The van der Waals surface area contributed by atoms with Crippen molar-refractivity contribution in [2.24, 2.45) is 0 Å². The molecule has 2 aliphatic heterocycles. The fourth-order valence-corrected chi connectivity index (χ4v) is 3.31. The summed E-state index contributed by atoms with van der Waals surface area (Å²) in [5.74, 6) is 0. The second-order valence-electron chi connectivity index (χ2n) is 5.08. The number of hydrogen-bond donors (Lipinski definition) is 1. The molecule has 2 unspecified atom stereocenters. The highest BCUT2D eigenvalue weighted by molar-refractivity contribution is 5.54. The molecule has 2 fully saturated rings. The lowest BCUT2D eigenvalue weighted by molar-refractivity contribution is 0.126. The van der Waals surface area contributed by atoms with Crippen molar-refractivity contribution in [3.63, 3.8) is 0 Å². The van der Waals surface area contributed by atoms with E-state index in [4.69, 9.17) is 5.26 Å². The number of nitriles is 1. The summed E-state index contributed by atoms with van der Waals surface area (Å²) in [5, 5.41) is 18.7. The molecule has 88 valence electrons. The van der Waals surface area contributed by atoms with E-state index in [0.29, 0.717) is 17.6 Å². The first-order valence-electron chi connectivity index (χ1n) is 6.24. The van der Waals surface area contributed by atoms with Crippen molar-refractivity contribution in [3.05, 3.63) is 29.8 Å². The molecular formula is C14H16N2O. The number of anilines is 1. The molecule has 0 aromatic heterocycles. The van der Waals surface area contributed by atoms with E-state index in [1.54, 1.807) is 0 Å². The molecule has 1 N–H and O–H groups in total. The van der Waals surface area contributed by atoms with Gasteiger partial charge in [0, 0.05) is 17.8 Å². The third kappa shape index (κ3) is 1.79. The van der Waals surface area contributed by atoms with Crippen LogP contribution in [0.15, 0.2) is 24.3 Å². The molecule has 2 aliphatic rings. The maximum absolute atomic E-state index is 9.78. The van der Waals surface area contributed by atoms with E-state index >= 15 is 0 Å². The van der Waals surface area contributed by atoms with E-state index < -0.39 is 0 Å². The lowest BCUT2D eigenvalue weighted by Gasteiger charge is -2.39. The number of aliphatic hydroxyl groups is 1. The second kappa shape index (κ2) is 4.05. The molecule has 1 aromatic rings. The van der Waals surface area contributed by atoms with Gasteiger partial charge in [0.1, 0.15) is 0 Å². The number of fused-ring (bicyclic) bond motifs is 2. The van der Waals surface area contributed by atoms with Crippen molar-refractivity contribution in [2.45, 2.75) is 43.9 Å². The second-order valence-corrected chi connectivity index (χ2v) is 5.08. The highest BCUT2D eigenvalue weighted by atomic mass is 16.3. The number of aliphatic hydroxyl groups excluding tert-OH is 1. The van der Waals surface area contributed by atoms with Crippen LogP contribution in [-0.2, 0) is 0 Å². The Labute approximate surface area is 101 Å². The zero-order chi connectivity index (χ0) is 11.8. The molecule has 3 nitrogen and oxygen atoms in total. The molecule has 2 atom stereocenters. The van der Waals surface area contributed by atoms with Crippen LogP contribution in [0.4, 0.5) is 5.69 Å². The van der Waals surface area contributed by atoms with Crippen LogP contribution in [0.25, 0.3) is 0 Å². The van der Waals surface area contributed by atoms with Gasteiger partial charge >= 0.3 is 0 Å². The standard InChI is InChI=1S/C14H16N2O/c15-9-10-2-1-3-11(6-10)16-12-4-5-13(16)8-14(17)7-12/h1-3,6,12-14,17H,4-5,7-8H2. The van der Waals surface area contributed by atoms with Gasteiger partial charge in [-0.25, -0.2) is 0 Å². The summed E-state index contributed by atoms with van der Waals surface area (Å²) in [4.78, 5) is 2.41. The predicted molar refractivity (Wildman–Crippen MR) is 65.7 cm³/mol. The Hall–Kier alpha value is -1.53. The molecule has 2 saturated heterocycles. The Morgan fingerprint density at radius 2 is 1.94 bits per heavy atom. The van der Waals surface area contributed by atoms with Gasteiger partial charge in [-0.15, -0.1) is 0 Å². The molecule has 17 heavy (non-hydrogen) atoms. The van der Waals surface area contributed by atoms with E-state index in [9.17, 15) is 5.11 Å². The van der Waals surface area contributed by atoms with E-state index in [2.05, 4.69) is 17.0 Å². The fourth-order valence-electron chi connectivity index (χ4n) is 3.31. The Balaban J connectivity index is 1.92. The minimum absolute atomic E-state index is 0.136. The van der Waals surface area contributed by atoms with Crippen LogP contribution in [0, 0.1) is 11.3 Å². The van der Waals surface area contributed by atoms with Crippen molar-refractivity contribution in [1.29, 1.82) is 5.26 Å². The Morgan fingerprint density at radius 1 is 1.24 bits per heavy atom. The van der Waals surface area contributed by atoms with Crippen LogP contribution in [0.2, 0.25) is 0 Å². The average Bonchev–Trinajstić information content (AvgIpc) is 2.62. The molecule has 3 heteroatoms. The number of benzene rings is 1. The molecule has 0 spiro atoms. The van der Waals surface area contributed by atoms with Crippen LogP contribution in [0.5, 0.6) is 0 Å². The molecular weight excluding hydrogens is 212 g/mol. The van der Waals surface area contributed by atoms with Gasteiger partial charge in [-0.1, -0.05) is 6.07 Å². The summed E-state index contributed by atoms with van der Waals surface area (Å²) >= 11 is 0. The monoisotopic (exact) mass is 228 g/mol. The lowest BCUT2D eigenvalue weighted by atomic mass is 9.99. The molecule has 2 heterocycles. The zero-order valence-electron chi connectivity index (χ0n) is 9.71. The van der Waals surface area contributed by atoms with Gasteiger partial charge in [-0.05, 0) is 43.9 Å². The van der Waals surface area contributed by atoms with E-state index in [1.165, 1.54) is 12.8 Å². The van der Waals surface area contributed by atoms with Gasteiger partial charge in [0.15, 0.2) is 0 Å². The Morgan fingerprint density at radius 3 is 2.59 bits per heavy atom. The largest absolute Gasteiger partial charge is 0.393 e. The van der Waals surface area contributed by atoms with Crippen molar-refractivity contribution in [1.82, 2.24) is 0 Å². The first kappa shape index (κ1) is 10.6. The van der Waals surface area contributed by atoms with Crippen LogP contribution < -0.4 is 4.90 Å². The number of rotatable bonds is 1. The van der Waals surface area contributed by atoms with Crippen molar-refractivity contribution >= 4 is 5.69 Å². The minimum Gasteiger partial charge on any atom is -0.393 e. The van der Waals surface area contributed by atoms with Crippen LogP contribution in [0.1, 0.15) is 31.2 Å². The molecule has 0 aliphatic carbocycles. The summed E-state index contributed by atoms with van der Waals surface area (Å²) in [6.45, 7) is 0. The van der Waals surface area contributed by atoms with Crippen molar-refractivity contribution < 1.29 is 5.11 Å². The van der Waals surface area contributed by atoms with Gasteiger partial charge in [-0.2, -0.15) is 5.26 Å². The quantitative estimate of drug-likeness (QED) is 0.800. The third-order valence-corrected chi connectivity index (χ3v) is 3.98. The summed E-state index contributed by atoms with van der Waals surface area (Å²) in [5.41, 5.74) is 1.86. The SMILES string of the molecule is N#Cc1cccc(N2C3CCC2CC(O)C3)c1. The van der Waals surface area contributed by atoms with Crippen LogP contribution >= 0.6 is 0 Å². The number of hydrogen-bond acceptors (Lipinski definition) is 3. The number of nitrogens with zero attached hydrogens (tertiary/aromatic N) is 2. The first-order chi connectivity index (χ1) is 8.28. The Kier molecular flexibility index (Phi) is 2.53. The highest BCUT2D eigenvalue weighted by Crippen LogP contribution is 2.39. The van der Waals surface area contributed by atoms with Gasteiger partial charge in [0.25, 0.3) is 0 Å². The van der Waals surface area contributed by atoms with Gasteiger partial charge in [-0.3, -0.25) is 0 Å². The van der Waals surface area contributed by atoms with Crippen LogP contribution in [0.3, 0.4) is 0 Å². The normalized spacial score (nSPS) is 31.3. The summed E-state index contributed by atoms with van der Waals surface area (Å²) < 4.78 is 0. The molecule has 0 radical (unpaired) electrons. The average molecular weight is 228 g/mol. The summed E-state index contributed by atoms with van der Waals surface area (Å²) in [7, 11) is 0. The predicted octanol–water partition coefficient (Wildman–Crippen LogP) is 2.05. The third-order valence-electron chi connectivity index (χ3n) is 3.98. The van der Waals surface area contributed by atoms with Gasteiger partial charge in [0.05, 0.1) is 17.7 Å². The van der Waals surface area contributed by atoms with E-state index in [-0.39, 0.29) is 6.10 Å². The number of piperidine rings is 1. The van der Waals surface area contributed by atoms with Crippen LogP contribution in [-0.4, -0.2) is 23.3 Å². The summed E-state index contributed by atoms with van der Waals surface area (Å²) in [6.07, 6.45) is 3.93. The topological polar surface area (TPSA) is 47.3 Å². The lowest BCUT2D eigenvalue weighted by Crippen LogP contribution is -2.44. The zero-order valence-corrected chi connectivity index (χ0v) is 9.71. The van der Waals surface area contributed by atoms with Gasteiger partial charge in [0.2, 0.25) is 0 Å².